The summed E-state index contributed by atoms with van der Waals surface area (Å²) in [7, 11) is 0. The number of hydrogen-bond acceptors (Lipinski definition) is 6. The molecule has 150 valence electrons. The number of rotatable bonds is 6. The van der Waals surface area contributed by atoms with E-state index in [4.69, 9.17) is 19.5 Å². The van der Waals surface area contributed by atoms with Crippen LogP contribution >= 0.6 is 0 Å². The lowest BCUT2D eigenvalue weighted by Gasteiger charge is -2.04. The summed E-state index contributed by atoms with van der Waals surface area (Å²) in [5.74, 6) is 1.14. The van der Waals surface area contributed by atoms with Crippen molar-refractivity contribution in [2.75, 3.05) is 13.2 Å². The topological polar surface area (TPSA) is 69.0 Å². The molecule has 6 heteroatoms. The summed E-state index contributed by atoms with van der Waals surface area (Å²) < 4.78 is 11.7. The molecule has 0 spiro atoms. The maximum Gasteiger partial charge on any atom is 0.237 e. The minimum atomic E-state index is 0.0863. The van der Waals surface area contributed by atoms with Gasteiger partial charge in [-0.05, 0) is 30.0 Å². The van der Waals surface area contributed by atoms with Gasteiger partial charge in [-0.1, -0.05) is 60.7 Å². The van der Waals surface area contributed by atoms with Crippen molar-refractivity contribution in [1.29, 1.82) is 0 Å². The summed E-state index contributed by atoms with van der Waals surface area (Å²) in [6.07, 6.45) is 3.37. The average Bonchev–Trinajstić information content (AvgIpc) is 3.45. The summed E-state index contributed by atoms with van der Waals surface area (Å²) in [6, 6.07) is 22.7. The van der Waals surface area contributed by atoms with Crippen LogP contribution in [0, 0.1) is 0 Å². The van der Waals surface area contributed by atoms with Gasteiger partial charge in [0.15, 0.2) is 0 Å². The van der Waals surface area contributed by atoms with Crippen LogP contribution in [0.3, 0.4) is 0 Å². The Morgan fingerprint density at radius 2 is 1.30 bits per heavy atom. The molecule has 6 nitrogen and oxygen atoms in total. The van der Waals surface area contributed by atoms with Gasteiger partial charge in [-0.2, -0.15) is 5.10 Å². The molecule has 0 saturated carbocycles. The van der Waals surface area contributed by atoms with Crippen molar-refractivity contribution in [2.45, 2.75) is 24.9 Å². The van der Waals surface area contributed by atoms with E-state index in [-0.39, 0.29) is 12.1 Å². The monoisotopic (exact) mass is 398 g/mol. The third-order valence-electron chi connectivity index (χ3n) is 5.17. The van der Waals surface area contributed by atoms with Crippen molar-refractivity contribution < 1.29 is 9.47 Å². The first-order chi connectivity index (χ1) is 14.8. The van der Waals surface area contributed by atoms with Crippen LogP contribution in [-0.4, -0.2) is 47.3 Å². The Bertz CT molecular complexity index is 984. The number of aliphatic imine (C=N–C) groups is 2. The van der Waals surface area contributed by atoms with Gasteiger partial charge in [-0.15, -0.1) is 5.10 Å². The van der Waals surface area contributed by atoms with Crippen LogP contribution in [0.4, 0.5) is 0 Å². The number of nitrogens with zero attached hydrogens (tertiary/aromatic N) is 4. The molecule has 0 fully saturated rings. The minimum absolute atomic E-state index is 0.0863. The SMILES string of the molecule is c1ccc(C[C@H]2COC(c3cnnc(C4=N[C@@H](Cc5ccccc5)CO4)c3)=N2)cc1. The maximum absolute atomic E-state index is 5.84. The lowest BCUT2D eigenvalue weighted by molar-refractivity contribution is 0.315. The first kappa shape index (κ1) is 18.5. The van der Waals surface area contributed by atoms with E-state index in [0.29, 0.717) is 30.7 Å². The van der Waals surface area contributed by atoms with Gasteiger partial charge in [0, 0.05) is 0 Å². The molecule has 2 aliphatic heterocycles. The molecule has 5 rings (SSSR count). The van der Waals surface area contributed by atoms with E-state index in [0.717, 1.165) is 18.4 Å². The Labute approximate surface area is 175 Å². The fourth-order valence-corrected chi connectivity index (χ4v) is 3.70. The van der Waals surface area contributed by atoms with Gasteiger partial charge in [0.1, 0.15) is 18.9 Å². The predicted molar refractivity (Wildman–Crippen MR) is 115 cm³/mol. The van der Waals surface area contributed by atoms with Gasteiger partial charge in [-0.3, -0.25) is 0 Å². The summed E-state index contributed by atoms with van der Waals surface area (Å²) >= 11 is 0. The van der Waals surface area contributed by atoms with Crippen molar-refractivity contribution in [3.8, 4) is 0 Å². The molecule has 0 N–H and O–H groups in total. The standard InChI is InChI=1S/C24H22N4O2/c1-3-7-17(8-4-1)11-20-15-29-23(26-20)19-13-22(28-25-14-19)24-27-21(16-30-24)12-18-9-5-2-6-10-18/h1-10,13-14,20-21H,11-12,15-16H2/t20-,21-/m0/s1. The van der Waals surface area contributed by atoms with Crippen molar-refractivity contribution in [3.05, 3.63) is 95.3 Å². The zero-order chi connectivity index (χ0) is 20.2. The van der Waals surface area contributed by atoms with E-state index in [9.17, 15) is 0 Å². The normalized spacial score (nSPS) is 20.3. The lowest BCUT2D eigenvalue weighted by Crippen LogP contribution is -2.10. The number of hydrogen-bond donors (Lipinski definition) is 0. The number of benzene rings is 2. The molecular weight excluding hydrogens is 376 g/mol. The maximum atomic E-state index is 5.84. The van der Waals surface area contributed by atoms with Crippen molar-refractivity contribution in [2.24, 2.45) is 9.98 Å². The summed E-state index contributed by atoms with van der Waals surface area (Å²) in [5.41, 5.74) is 3.91. The van der Waals surface area contributed by atoms with Crippen LogP contribution in [0.5, 0.6) is 0 Å². The molecule has 0 bridgehead atoms. The van der Waals surface area contributed by atoms with Crippen molar-refractivity contribution in [3.63, 3.8) is 0 Å². The van der Waals surface area contributed by atoms with Crippen molar-refractivity contribution in [1.82, 2.24) is 10.2 Å². The molecule has 30 heavy (non-hydrogen) atoms. The first-order valence-electron chi connectivity index (χ1n) is 10.2. The zero-order valence-electron chi connectivity index (χ0n) is 16.5. The Morgan fingerprint density at radius 1 is 0.733 bits per heavy atom. The molecule has 1 aromatic heterocycles. The molecule has 3 aromatic rings. The highest BCUT2D eigenvalue weighted by atomic mass is 16.5. The third kappa shape index (κ3) is 4.22. The number of ether oxygens (including phenoxy) is 2. The molecule has 2 atom stereocenters. The van der Waals surface area contributed by atoms with Crippen molar-refractivity contribution >= 4 is 11.8 Å². The Balaban J connectivity index is 1.29. The van der Waals surface area contributed by atoms with Crippen LogP contribution in [0.15, 0.2) is 82.9 Å². The molecule has 0 unspecified atom stereocenters. The van der Waals surface area contributed by atoms with E-state index in [2.05, 4.69) is 34.5 Å². The second-order valence-electron chi connectivity index (χ2n) is 7.51. The number of aromatic nitrogens is 2. The lowest BCUT2D eigenvalue weighted by atomic mass is 10.1. The Hall–Kier alpha value is -3.54. The average molecular weight is 398 g/mol. The van der Waals surface area contributed by atoms with E-state index in [1.165, 1.54) is 11.1 Å². The fraction of sp³-hybridized carbons (Fsp3) is 0.250. The zero-order valence-corrected chi connectivity index (χ0v) is 16.5. The second kappa shape index (κ2) is 8.45. The molecule has 2 aromatic carbocycles. The molecule has 0 amide bonds. The smallest absolute Gasteiger partial charge is 0.237 e. The van der Waals surface area contributed by atoms with Gasteiger partial charge in [0.25, 0.3) is 0 Å². The van der Waals surface area contributed by atoms with Gasteiger partial charge < -0.3 is 9.47 Å². The first-order valence-corrected chi connectivity index (χ1v) is 10.2. The van der Waals surface area contributed by atoms with Gasteiger partial charge in [-0.25, -0.2) is 9.98 Å². The largest absolute Gasteiger partial charge is 0.475 e. The van der Waals surface area contributed by atoms with Crippen LogP contribution in [0.2, 0.25) is 0 Å². The molecule has 3 heterocycles. The predicted octanol–water partition coefficient (Wildman–Crippen LogP) is 3.25. The quantitative estimate of drug-likeness (QED) is 0.639. The van der Waals surface area contributed by atoms with Gasteiger partial charge >= 0.3 is 0 Å². The van der Waals surface area contributed by atoms with Gasteiger partial charge in [0.2, 0.25) is 11.8 Å². The highest BCUT2D eigenvalue weighted by Crippen LogP contribution is 2.18. The van der Waals surface area contributed by atoms with Crippen LogP contribution in [0.25, 0.3) is 0 Å². The highest BCUT2D eigenvalue weighted by Gasteiger charge is 2.25. The molecule has 0 aliphatic carbocycles. The minimum Gasteiger partial charge on any atom is -0.475 e. The molecular formula is C24H22N4O2. The van der Waals surface area contributed by atoms with Crippen LogP contribution in [-0.2, 0) is 22.3 Å². The van der Waals surface area contributed by atoms with E-state index >= 15 is 0 Å². The molecule has 0 radical (unpaired) electrons. The highest BCUT2D eigenvalue weighted by molar-refractivity contribution is 5.99. The molecule has 2 aliphatic rings. The van der Waals surface area contributed by atoms with E-state index < -0.39 is 0 Å². The van der Waals surface area contributed by atoms with E-state index in [1.807, 2.05) is 42.5 Å². The van der Waals surface area contributed by atoms with Crippen LogP contribution in [0.1, 0.15) is 22.4 Å². The third-order valence-corrected chi connectivity index (χ3v) is 5.17. The Morgan fingerprint density at radius 3 is 1.93 bits per heavy atom. The fourth-order valence-electron chi connectivity index (χ4n) is 3.70. The van der Waals surface area contributed by atoms with E-state index in [1.54, 1.807) is 6.20 Å². The Kier molecular flexibility index (Phi) is 5.21. The van der Waals surface area contributed by atoms with Crippen LogP contribution < -0.4 is 0 Å². The summed E-state index contributed by atoms with van der Waals surface area (Å²) in [4.78, 5) is 9.44. The second-order valence-corrected chi connectivity index (χ2v) is 7.51. The summed E-state index contributed by atoms with van der Waals surface area (Å²) in [6.45, 7) is 1.12. The molecule has 0 saturated heterocycles. The summed E-state index contributed by atoms with van der Waals surface area (Å²) in [5, 5.41) is 8.32. The van der Waals surface area contributed by atoms with Gasteiger partial charge in [0.05, 0.1) is 23.8 Å².